The molecule has 0 atom stereocenters. The minimum absolute atomic E-state index is 0.0203. The standard InChI is InChI=1S/C19H27N5/c1-19(2,3)18-21-12-8-17(22-18)24-13-9-15(10-14-24)23(4)16-7-5-6-11-20-16/h5-8,11-12,15H,9-10,13-14H2,1-4H3. The third-order valence-corrected chi connectivity index (χ3v) is 4.66. The Labute approximate surface area is 144 Å². The van der Waals surface area contributed by atoms with Gasteiger partial charge in [0.15, 0.2) is 0 Å². The molecule has 0 spiro atoms. The van der Waals surface area contributed by atoms with Crippen molar-refractivity contribution in [2.24, 2.45) is 0 Å². The van der Waals surface area contributed by atoms with E-state index in [-0.39, 0.29) is 5.41 Å². The highest BCUT2D eigenvalue weighted by Crippen LogP contribution is 2.25. The second-order valence-electron chi connectivity index (χ2n) is 7.51. The van der Waals surface area contributed by atoms with Crippen LogP contribution in [0.5, 0.6) is 0 Å². The van der Waals surface area contributed by atoms with E-state index in [4.69, 9.17) is 4.98 Å². The number of pyridine rings is 1. The molecule has 2 aromatic rings. The van der Waals surface area contributed by atoms with Gasteiger partial charge in [-0.15, -0.1) is 0 Å². The summed E-state index contributed by atoms with van der Waals surface area (Å²) in [6.45, 7) is 8.49. The van der Waals surface area contributed by atoms with Crippen LogP contribution in [0.3, 0.4) is 0 Å². The normalized spacial score (nSPS) is 16.2. The molecule has 0 aromatic carbocycles. The quantitative estimate of drug-likeness (QED) is 0.866. The van der Waals surface area contributed by atoms with Gasteiger partial charge >= 0.3 is 0 Å². The Morgan fingerprint density at radius 2 is 1.79 bits per heavy atom. The Balaban J connectivity index is 1.65. The molecule has 5 nitrogen and oxygen atoms in total. The van der Waals surface area contributed by atoms with Gasteiger partial charge in [-0.2, -0.15) is 0 Å². The van der Waals surface area contributed by atoms with Gasteiger partial charge in [0.25, 0.3) is 0 Å². The molecule has 2 aromatic heterocycles. The van der Waals surface area contributed by atoms with Gasteiger partial charge < -0.3 is 9.80 Å². The number of hydrogen-bond donors (Lipinski definition) is 0. The van der Waals surface area contributed by atoms with E-state index in [2.05, 4.69) is 53.7 Å². The molecule has 128 valence electrons. The van der Waals surface area contributed by atoms with Gasteiger partial charge in [0, 0.05) is 44.0 Å². The van der Waals surface area contributed by atoms with Crippen LogP contribution in [0, 0.1) is 0 Å². The summed E-state index contributed by atoms with van der Waals surface area (Å²) in [5.41, 5.74) is -0.0203. The van der Waals surface area contributed by atoms with Gasteiger partial charge in [-0.05, 0) is 31.0 Å². The Morgan fingerprint density at radius 3 is 2.42 bits per heavy atom. The molecule has 1 fully saturated rings. The molecule has 3 rings (SSSR count). The zero-order chi connectivity index (χ0) is 17.2. The van der Waals surface area contributed by atoms with E-state index in [9.17, 15) is 0 Å². The number of anilines is 2. The number of aromatic nitrogens is 3. The van der Waals surface area contributed by atoms with Crippen molar-refractivity contribution in [2.75, 3.05) is 29.9 Å². The van der Waals surface area contributed by atoms with Crippen molar-refractivity contribution >= 4 is 11.6 Å². The zero-order valence-electron chi connectivity index (χ0n) is 15.1. The van der Waals surface area contributed by atoms with Crippen LogP contribution in [0.2, 0.25) is 0 Å². The molecular formula is C19H27N5. The van der Waals surface area contributed by atoms with E-state index in [1.807, 2.05) is 30.6 Å². The maximum Gasteiger partial charge on any atom is 0.135 e. The topological polar surface area (TPSA) is 45.2 Å². The van der Waals surface area contributed by atoms with Gasteiger partial charge in [0.1, 0.15) is 17.5 Å². The van der Waals surface area contributed by atoms with Crippen molar-refractivity contribution < 1.29 is 0 Å². The summed E-state index contributed by atoms with van der Waals surface area (Å²) >= 11 is 0. The van der Waals surface area contributed by atoms with Crippen molar-refractivity contribution in [3.8, 4) is 0 Å². The molecule has 5 heteroatoms. The molecular weight excluding hydrogens is 298 g/mol. The summed E-state index contributed by atoms with van der Waals surface area (Å²) in [6, 6.07) is 8.63. The Kier molecular flexibility index (Phi) is 4.69. The fourth-order valence-electron chi connectivity index (χ4n) is 3.12. The fraction of sp³-hybridized carbons (Fsp3) is 0.526. The number of hydrogen-bond acceptors (Lipinski definition) is 5. The van der Waals surface area contributed by atoms with Crippen molar-refractivity contribution in [3.63, 3.8) is 0 Å². The predicted octanol–water partition coefficient (Wildman–Crippen LogP) is 3.27. The Bertz CT molecular complexity index is 657. The summed E-state index contributed by atoms with van der Waals surface area (Å²) < 4.78 is 0. The lowest BCUT2D eigenvalue weighted by Crippen LogP contribution is -2.44. The fourth-order valence-corrected chi connectivity index (χ4v) is 3.12. The minimum Gasteiger partial charge on any atom is -0.357 e. The molecule has 0 aliphatic carbocycles. The minimum atomic E-state index is -0.0203. The van der Waals surface area contributed by atoms with Gasteiger partial charge in [-0.3, -0.25) is 0 Å². The monoisotopic (exact) mass is 325 g/mol. The average Bonchev–Trinajstić information content (AvgIpc) is 2.61. The lowest BCUT2D eigenvalue weighted by Gasteiger charge is -2.38. The van der Waals surface area contributed by atoms with E-state index < -0.39 is 0 Å². The molecule has 0 saturated carbocycles. The maximum atomic E-state index is 4.78. The van der Waals surface area contributed by atoms with Crippen LogP contribution in [0.1, 0.15) is 39.4 Å². The predicted molar refractivity (Wildman–Crippen MR) is 98.6 cm³/mol. The van der Waals surface area contributed by atoms with E-state index in [0.717, 1.165) is 43.4 Å². The second kappa shape index (κ2) is 6.75. The number of nitrogens with zero attached hydrogens (tertiary/aromatic N) is 5. The van der Waals surface area contributed by atoms with Crippen LogP contribution in [-0.2, 0) is 5.41 Å². The largest absolute Gasteiger partial charge is 0.357 e. The summed E-state index contributed by atoms with van der Waals surface area (Å²) in [6.07, 6.45) is 5.97. The molecule has 1 aliphatic rings. The molecule has 3 heterocycles. The molecule has 1 saturated heterocycles. The first kappa shape index (κ1) is 16.7. The average molecular weight is 325 g/mol. The molecule has 0 N–H and O–H groups in total. The third-order valence-electron chi connectivity index (χ3n) is 4.66. The van der Waals surface area contributed by atoms with Gasteiger partial charge in [0.05, 0.1) is 0 Å². The molecule has 0 amide bonds. The highest BCUT2D eigenvalue weighted by Gasteiger charge is 2.25. The molecule has 1 aliphatic heterocycles. The van der Waals surface area contributed by atoms with Gasteiger partial charge in [-0.25, -0.2) is 15.0 Å². The van der Waals surface area contributed by atoms with E-state index in [0.29, 0.717) is 6.04 Å². The van der Waals surface area contributed by atoms with E-state index in [1.54, 1.807) is 0 Å². The number of rotatable bonds is 3. The van der Waals surface area contributed by atoms with Crippen molar-refractivity contribution in [1.29, 1.82) is 0 Å². The molecule has 24 heavy (non-hydrogen) atoms. The molecule has 0 bridgehead atoms. The van der Waals surface area contributed by atoms with Crippen LogP contribution in [-0.4, -0.2) is 41.1 Å². The van der Waals surface area contributed by atoms with Crippen molar-refractivity contribution in [2.45, 2.75) is 45.1 Å². The highest BCUT2D eigenvalue weighted by molar-refractivity contribution is 5.41. The van der Waals surface area contributed by atoms with Crippen LogP contribution < -0.4 is 9.80 Å². The SMILES string of the molecule is CN(c1ccccn1)C1CCN(c2ccnc(C(C)(C)C)n2)CC1. The van der Waals surface area contributed by atoms with Crippen LogP contribution in [0.15, 0.2) is 36.7 Å². The van der Waals surface area contributed by atoms with Gasteiger partial charge in [-0.1, -0.05) is 26.8 Å². The summed E-state index contributed by atoms with van der Waals surface area (Å²) in [7, 11) is 2.14. The second-order valence-corrected chi connectivity index (χ2v) is 7.51. The van der Waals surface area contributed by atoms with Crippen LogP contribution >= 0.6 is 0 Å². The van der Waals surface area contributed by atoms with Crippen molar-refractivity contribution in [1.82, 2.24) is 15.0 Å². The zero-order valence-corrected chi connectivity index (χ0v) is 15.1. The van der Waals surface area contributed by atoms with Gasteiger partial charge in [0.2, 0.25) is 0 Å². The smallest absolute Gasteiger partial charge is 0.135 e. The first-order valence-electron chi connectivity index (χ1n) is 8.67. The number of piperidine rings is 1. The third kappa shape index (κ3) is 3.66. The van der Waals surface area contributed by atoms with Crippen LogP contribution in [0.25, 0.3) is 0 Å². The van der Waals surface area contributed by atoms with E-state index in [1.165, 1.54) is 0 Å². The Hall–Kier alpha value is -2.17. The lowest BCUT2D eigenvalue weighted by atomic mass is 9.96. The summed E-state index contributed by atoms with van der Waals surface area (Å²) in [5, 5.41) is 0. The van der Waals surface area contributed by atoms with Crippen LogP contribution in [0.4, 0.5) is 11.6 Å². The van der Waals surface area contributed by atoms with E-state index >= 15 is 0 Å². The molecule has 0 radical (unpaired) electrons. The first-order valence-corrected chi connectivity index (χ1v) is 8.67. The van der Waals surface area contributed by atoms with Crippen molar-refractivity contribution in [3.05, 3.63) is 42.5 Å². The first-order chi connectivity index (χ1) is 11.4. The lowest BCUT2D eigenvalue weighted by molar-refractivity contribution is 0.475. The molecule has 0 unspecified atom stereocenters. The Morgan fingerprint density at radius 1 is 1.04 bits per heavy atom. The maximum absolute atomic E-state index is 4.78. The highest BCUT2D eigenvalue weighted by atomic mass is 15.2. The summed E-state index contributed by atoms with van der Waals surface area (Å²) in [4.78, 5) is 18.4. The summed E-state index contributed by atoms with van der Waals surface area (Å²) in [5.74, 6) is 3.01.